The van der Waals surface area contributed by atoms with Gasteiger partial charge in [0.1, 0.15) is 17.3 Å². The number of amides is 1. The fourth-order valence-electron chi connectivity index (χ4n) is 2.32. The second-order valence-corrected chi connectivity index (χ2v) is 5.89. The predicted molar refractivity (Wildman–Crippen MR) is 102 cm³/mol. The van der Waals surface area contributed by atoms with E-state index < -0.39 is 0 Å². The quantitative estimate of drug-likeness (QED) is 0.696. The fourth-order valence-corrected chi connectivity index (χ4v) is 2.50. The lowest BCUT2D eigenvalue weighted by atomic mass is 10.2. The Labute approximate surface area is 156 Å². The third-order valence-electron chi connectivity index (χ3n) is 3.77. The Morgan fingerprint density at radius 2 is 1.81 bits per heavy atom. The molecule has 132 valence electrons. The van der Waals surface area contributed by atoms with Gasteiger partial charge in [-0.3, -0.25) is 4.79 Å². The van der Waals surface area contributed by atoms with Crippen molar-refractivity contribution in [3.8, 4) is 5.75 Å². The lowest BCUT2D eigenvalue weighted by Gasteiger charge is -2.11. The molecule has 0 radical (unpaired) electrons. The van der Waals surface area contributed by atoms with Gasteiger partial charge in [0, 0.05) is 10.7 Å². The molecule has 1 aromatic heterocycles. The number of methoxy groups -OCH3 is 1. The minimum Gasteiger partial charge on any atom is -0.495 e. The van der Waals surface area contributed by atoms with E-state index in [0.29, 0.717) is 22.3 Å². The van der Waals surface area contributed by atoms with Crippen LogP contribution in [0.25, 0.3) is 0 Å². The third-order valence-corrected chi connectivity index (χ3v) is 4.18. The van der Waals surface area contributed by atoms with Crippen LogP contribution < -0.4 is 15.4 Å². The second-order valence-electron chi connectivity index (χ2n) is 5.48. The summed E-state index contributed by atoms with van der Waals surface area (Å²) in [5.74, 6) is 0.837. The van der Waals surface area contributed by atoms with Gasteiger partial charge in [-0.15, -0.1) is 0 Å². The number of hydrogen-bond acceptors (Lipinski definition) is 5. The predicted octanol–water partition coefficient (Wildman–Crippen LogP) is 4.44. The van der Waals surface area contributed by atoms with Crippen molar-refractivity contribution in [2.75, 3.05) is 17.7 Å². The van der Waals surface area contributed by atoms with Crippen molar-refractivity contribution >= 4 is 34.7 Å². The fraction of sp³-hybridized carbons (Fsp3) is 0.105. The first-order chi connectivity index (χ1) is 12.6. The normalized spacial score (nSPS) is 10.3. The van der Waals surface area contributed by atoms with E-state index in [-0.39, 0.29) is 11.6 Å². The number of hydrogen-bond donors (Lipinski definition) is 2. The zero-order chi connectivity index (χ0) is 18.5. The van der Waals surface area contributed by atoms with E-state index in [0.717, 1.165) is 11.3 Å². The van der Waals surface area contributed by atoms with Gasteiger partial charge in [-0.25, -0.2) is 9.97 Å². The summed E-state index contributed by atoms with van der Waals surface area (Å²) in [6, 6.07) is 12.8. The van der Waals surface area contributed by atoms with Gasteiger partial charge in [-0.05, 0) is 36.8 Å². The van der Waals surface area contributed by atoms with Gasteiger partial charge < -0.3 is 15.4 Å². The molecule has 3 rings (SSSR count). The SMILES string of the molecule is COc1ccccc1Nc1cnc(C(=O)Nc2cccc(Cl)c2C)cn1. The van der Waals surface area contributed by atoms with E-state index in [1.165, 1.54) is 12.4 Å². The molecule has 6 nitrogen and oxygen atoms in total. The van der Waals surface area contributed by atoms with Gasteiger partial charge >= 0.3 is 0 Å². The van der Waals surface area contributed by atoms with Gasteiger partial charge in [0.15, 0.2) is 0 Å². The molecule has 0 aliphatic rings. The molecule has 26 heavy (non-hydrogen) atoms. The lowest BCUT2D eigenvalue weighted by molar-refractivity contribution is 0.102. The lowest BCUT2D eigenvalue weighted by Crippen LogP contribution is -2.15. The first kappa shape index (κ1) is 17.7. The van der Waals surface area contributed by atoms with Crippen molar-refractivity contribution in [2.24, 2.45) is 0 Å². The number of ether oxygens (including phenoxy) is 1. The van der Waals surface area contributed by atoms with Crippen LogP contribution in [-0.4, -0.2) is 23.0 Å². The molecule has 0 atom stereocenters. The first-order valence-electron chi connectivity index (χ1n) is 7.87. The van der Waals surface area contributed by atoms with Crippen LogP contribution in [0.1, 0.15) is 16.1 Å². The molecule has 3 aromatic rings. The average Bonchev–Trinajstić information content (AvgIpc) is 2.66. The molecule has 0 unspecified atom stereocenters. The highest BCUT2D eigenvalue weighted by molar-refractivity contribution is 6.31. The Morgan fingerprint density at radius 1 is 1.04 bits per heavy atom. The van der Waals surface area contributed by atoms with Crippen LogP contribution in [0.3, 0.4) is 0 Å². The monoisotopic (exact) mass is 368 g/mol. The van der Waals surface area contributed by atoms with Crippen LogP contribution in [-0.2, 0) is 0 Å². The molecule has 1 heterocycles. The summed E-state index contributed by atoms with van der Waals surface area (Å²) in [4.78, 5) is 20.8. The maximum Gasteiger partial charge on any atom is 0.275 e. The zero-order valence-electron chi connectivity index (χ0n) is 14.3. The number of benzene rings is 2. The summed E-state index contributed by atoms with van der Waals surface area (Å²) >= 11 is 6.07. The first-order valence-corrected chi connectivity index (χ1v) is 8.25. The van der Waals surface area contributed by atoms with Gasteiger partial charge in [0.2, 0.25) is 0 Å². The molecular weight excluding hydrogens is 352 g/mol. The van der Waals surface area contributed by atoms with Crippen molar-refractivity contribution < 1.29 is 9.53 Å². The summed E-state index contributed by atoms with van der Waals surface area (Å²) in [5.41, 5.74) is 2.40. The number of rotatable bonds is 5. The van der Waals surface area contributed by atoms with Crippen molar-refractivity contribution in [2.45, 2.75) is 6.92 Å². The van der Waals surface area contributed by atoms with E-state index in [9.17, 15) is 4.79 Å². The number of nitrogens with one attached hydrogen (secondary N) is 2. The van der Waals surface area contributed by atoms with E-state index in [1.54, 1.807) is 25.3 Å². The van der Waals surface area contributed by atoms with Crippen molar-refractivity contribution in [3.63, 3.8) is 0 Å². The molecule has 2 aromatic carbocycles. The maximum absolute atomic E-state index is 12.4. The Hall–Kier alpha value is -3.12. The molecule has 0 spiro atoms. The summed E-state index contributed by atoms with van der Waals surface area (Å²) in [6.07, 6.45) is 2.90. The molecular formula is C19H17ClN4O2. The number of halogens is 1. The summed E-state index contributed by atoms with van der Waals surface area (Å²) in [7, 11) is 1.59. The summed E-state index contributed by atoms with van der Waals surface area (Å²) in [6.45, 7) is 1.84. The molecule has 0 aliphatic heterocycles. The van der Waals surface area contributed by atoms with Gasteiger partial charge in [-0.2, -0.15) is 0 Å². The molecule has 0 bridgehead atoms. The van der Waals surface area contributed by atoms with Crippen LogP contribution in [0, 0.1) is 6.92 Å². The van der Waals surface area contributed by atoms with Crippen molar-refractivity contribution in [1.82, 2.24) is 9.97 Å². The molecule has 0 saturated heterocycles. The van der Waals surface area contributed by atoms with Crippen LogP contribution in [0.4, 0.5) is 17.2 Å². The van der Waals surface area contributed by atoms with Crippen molar-refractivity contribution in [3.05, 3.63) is 71.1 Å². The van der Waals surface area contributed by atoms with E-state index in [1.807, 2.05) is 31.2 Å². The van der Waals surface area contributed by atoms with Gasteiger partial charge in [0.05, 0.1) is 25.2 Å². The highest BCUT2D eigenvalue weighted by atomic mass is 35.5. The van der Waals surface area contributed by atoms with Crippen molar-refractivity contribution in [1.29, 1.82) is 0 Å². The molecule has 2 N–H and O–H groups in total. The largest absolute Gasteiger partial charge is 0.495 e. The second kappa shape index (κ2) is 7.84. The smallest absolute Gasteiger partial charge is 0.275 e. The minimum absolute atomic E-state index is 0.204. The maximum atomic E-state index is 12.4. The number of carbonyl (C=O) groups excluding carboxylic acids is 1. The Balaban J connectivity index is 1.73. The molecule has 0 fully saturated rings. The van der Waals surface area contributed by atoms with E-state index in [2.05, 4.69) is 20.6 Å². The Bertz CT molecular complexity index is 929. The average molecular weight is 369 g/mol. The Morgan fingerprint density at radius 3 is 2.54 bits per heavy atom. The van der Waals surface area contributed by atoms with Crippen LogP contribution in [0.15, 0.2) is 54.9 Å². The molecule has 0 saturated carbocycles. The van der Waals surface area contributed by atoms with Crippen LogP contribution in [0.2, 0.25) is 5.02 Å². The summed E-state index contributed by atoms with van der Waals surface area (Å²) in [5, 5.41) is 6.48. The van der Waals surface area contributed by atoms with Gasteiger partial charge in [0.25, 0.3) is 5.91 Å². The number of para-hydroxylation sites is 2. The third kappa shape index (κ3) is 3.92. The highest BCUT2D eigenvalue weighted by Gasteiger charge is 2.11. The standard InChI is InChI=1S/C19H17ClN4O2/c1-12-13(20)6-5-8-14(12)24-19(25)16-10-22-18(11-21-16)23-15-7-3-4-9-17(15)26-2/h3-11H,1-2H3,(H,22,23)(H,24,25). The zero-order valence-corrected chi connectivity index (χ0v) is 15.0. The van der Waals surface area contributed by atoms with Crippen LogP contribution in [0.5, 0.6) is 5.75 Å². The number of carbonyl (C=O) groups is 1. The number of aromatic nitrogens is 2. The topological polar surface area (TPSA) is 76.1 Å². The van der Waals surface area contributed by atoms with Gasteiger partial charge in [-0.1, -0.05) is 29.8 Å². The molecule has 1 amide bonds. The minimum atomic E-state index is -0.355. The highest BCUT2D eigenvalue weighted by Crippen LogP contribution is 2.26. The molecule has 0 aliphatic carbocycles. The number of anilines is 3. The Kier molecular flexibility index (Phi) is 5.34. The van der Waals surface area contributed by atoms with E-state index >= 15 is 0 Å². The van der Waals surface area contributed by atoms with E-state index in [4.69, 9.17) is 16.3 Å². The number of nitrogens with zero attached hydrogens (tertiary/aromatic N) is 2. The molecule has 7 heteroatoms. The van der Waals surface area contributed by atoms with Crippen LogP contribution >= 0.6 is 11.6 Å². The summed E-state index contributed by atoms with van der Waals surface area (Å²) < 4.78 is 5.28.